The van der Waals surface area contributed by atoms with Crippen molar-refractivity contribution in [3.8, 4) is 0 Å². The van der Waals surface area contributed by atoms with Crippen LogP contribution in [0.1, 0.15) is 51.9 Å². The van der Waals surface area contributed by atoms with Gasteiger partial charge in [-0.15, -0.1) is 0 Å². The predicted molar refractivity (Wildman–Crippen MR) is 101 cm³/mol. The van der Waals surface area contributed by atoms with Gasteiger partial charge in [0.05, 0.1) is 0 Å². The van der Waals surface area contributed by atoms with Crippen LogP contribution in [-0.4, -0.2) is 66.5 Å². The van der Waals surface area contributed by atoms with Gasteiger partial charge < -0.3 is 20.4 Å². The van der Waals surface area contributed by atoms with Crippen molar-refractivity contribution < 1.29 is 9.59 Å². The molecule has 26 heavy (non-hydrogen) atoms. The third-order valence-electron chi connectivity index (χ3n) is 7.21. The van der Waals surface area contributed by atoms with Gasteiger partial charge in [-0.1, -0.05) is 6.92 Å². The summed E-state index contributed by atoms with van der Waals surface area (Å²) in [5, 5.41) is 6.25. The van der Waals surface area contributed by atoms with Crippen molar-refractivity contribution in [2.75, 3.05) is 39.3 Å². The van der Waals surface area contributed by atoms with E-state index in [1.165, 1.54) is 19.3 Å². The highest BCUT2D eigenvalue weighted by Crippen LogP contribution is 2.55. The van der Waals surface area contributed by atoms with E-state index in [9.17, 15) is 9.59 Å². The number of urea groups is 1. The van der Waals surface area contributed by atoms with Crippen LogP contribution in [0.25, 0.3) is 0 Å². The molecule has 1 heterocycles. The monoisotopic (exact) mass is 362 g/mol. The predicted octanol–water partition coefficient (Wildman–Crippen LogP) is 1.81. The summed E-state index contributed by atoms with van der Waals surface area (Å²) in [6.45, 7) is 7.19. The summed E-state index contributed by atoms with van der Waals surface area (Å²) in [5.74, 6) is 2.63. The van der Waals surface area contributed by atoms with Crippen molar-refractivity contribution in [3.05, 3.63) is 0 Å². The molecule has 1 aliphatic heterocycles. The second kappa shape index (κ2) is 7.37. The number of rotatable bonds is 5. The Hall–Kier alpha value is -1.30. The van der Waals surface area contributed by atoms with Gasteiger partial charge in [0.25, 0.3) is 0 Å². The molecule has 0 atom stereocenters. The van der Waals surface area contributed by atoms with Gasteiger partial charge in [-0.2, -0.15) is 0 Å². The Balaban J connectivity index is 1.18. The SMILES string of the molecule is CCN1CCN(C(=O)CCNC(=O)NC23CC4CC(CC(C4)C2)C3)CC1. The molecule has 0 aromatic rings. The molecule has 4 aliphatic carbocycles. The van der Waals surface area contributed by atoms with Crippen LogP contribution in [0.2, 0.25) is 0 Å². The molecule has 5 aliphatic rings. The van der Waals surface area contributed by atoms with Gasteiger partial charge in [0.1, 0.15) is 0 Å². The van der Waals surface area contributed by atoms with E-state index in [0.717, 1.165) is 69.7 Å². The van der Waals surface area contributed by atoms with Gasteiger partial charge in [0.2, 0.25) is 5.91 Å². The summed E-state index contributed by atoms with van der Waals surface area (Å²) in [7, 11) is 0. The number of piperazine rings is 1. The minimum Gasteiger partial charge on any atom is -0.340 e. The lowest BCUT2D eigenvalue weighted by Crippen LogP contribution is -2.61. The summed E-state index contributed by atoms with van der Waals surface area (Å²) < 4.78 is 0. The zero-order valence-electron chi connectivity index (χ0n) is 16.1. The van der Waals surface area contributed by atoms with Gasteiger partial charge in [0, 0.05) is 44.7 Å². The van der Waals surface area contributed by atoms with Crippen LogP contribution in [0, 0.1) is 17.8 Å². The van der Waals surface area contributed by atoms with Gasteiger partial charge in [0.15, 0.2) is 0 Å². The summed E-state index contributed by atoms with van der Waals surface area (Å²) in [4.78, 5) is 29.0. The summed E-state index contributed by atoms with van der Waals surface area (Å²) in [6, 6.07) is -0.0736. The number of carbonyl (C=O) groups excluding carboxylic acids is 2. The Labute approximate surface area is 157 Å². The maximum Gasteiger partial charge on any atom is 0.315 e. The van der Waals surface area contributed by atoms with Crippen LogP contribution in [0.5, 0.6) is 0 Å². The number of carbonyl (C=O) groups is 2. The molecule has 6 nitrogen and oxygen atoms in total. The normalized spacial score (nSPS) is 36.2. The van der Waals surface area contributed by atoms with E-state index in [4.69, 9.17) is 0 Å². The molecule has 3 amide bonds. The molecular weight excluding hydrogens is 328 g/mol. The fourth-order valence-electron chi connectivity index (χ4n) is 6.30. The maximum atomic E-state index is 12.4. The number of likely N-dealkylation sites (N-methyl/N-ethyl adjacent to an activating group) is 1. The molecule has 0 unspecified atom stereocenters. The summed E-state index contributed by atoms with van der Waals surface area (Å²) in [5.41, 5.74) is 0.0410. The quantitative estimate of drug-likeness (QED) is 0.784. The van der Waals surface area contributed by atoms with E-state index in [0.29, 0.717) is 13.0 Å². The zero-order chi connectivity index (χ0) is 18.1. The Bertz CT molecular complexity index is 507. The molecule has 4 bridgehead atoms. The Kier molecular flexibility index (Phi) is 5.13. The van der Waals surface area contributed by atoms with Crippen LogP contribution in [0.3, 0.4) is 0 Å². The number of hydrogen-bond acceptors (Lipinski definition) is 3. The van der Waals surface area contributed by atoms with E-state index in [-0.39, 0.29) is 17.5 Å². The first-order chi connectivity index (χ1) is 12.5. The molecule has 1 saturated heterocycles. The van der Waals surface area contributed by atoms with Crippen LogP contribution in [-0.2, 0) is 4.79 Å². The lowest BCUT2D eigenvalue weighted by molar-refractivity contribution is -0.132. The largest absolute Gasteiger partial charge is 0.340 e. The van der Waals surface area contributed by atoms with E-state index in [1.54, 1.807) is 0 Å². The van der Waals surface area contributed by atoms with Crippen LogP contribution in [0.4, 0.5) is 4.79 Å². The Morgan fingerprint density at radius 3 is 2.08 bits per heavy atom. The second-order valence-corrected chi connectivity index (χ2v) is 9.14. The van der Waals surface area contributed by atoms with Gasteiger partial charge >= 0.3 is 6.03 Å². The third-order valence-corrected chi connectivity index (χ3v) is 7.21. The fraction of sp³-hybridized carbons (Fsp3) is 0.900. The average Bonchev–Trinajstić information content (AvgIpc) is 2.60. The van der Waals surface area contributed by atoms with Gasteiger partial charge in [-0.05, 0) is 62.8 Å². The molecule has 5 fully saturated rings. The van der Waals surface area contributed by atoms with Crippen molar-refractivity contribution in [3.63, 3.8) is 0 Å². The molecule has 0 aromatic carbocycles. The molecule has 5 rings (SSSR count). The molecule has 0 aromatic heterocycles. The first-order valence-corrected chi connectivity index (χ1v) is 10.6. The lowest BCUT2D eigenvalue weighted by Gasteiger charge is -2.56. The molecule has 4 saturated carbocycles. The van der Waals surface area contributed by atoms with Crippen molar-refractivity contribution in [1.82, 2.24) is 20.4 Å². The minimum atomic E-state index is -0.0736. The standard InChI is InChI=1S/C20H34N4O2/c1-2-23-5-7-24(8-6-23)18(25)3-4-21-19(26)22-20-12-15-9-16(13-20)11-17(10-15)14-20/h15-17H,2-14H2,1H3,(H2,21,22,26). The Morgan fingerprint density at radius 2 is 1.54 bits per heavy atom. The van der Waals surface area contributed by atoms with Crippen molar-refractivity contribution >= 4 is 11.9 Å². The zero-order valence-corrected chi connectivity index (χ0v) is 16.1. The number of nitrogens with zero attached hydrogens (tertiary/aromatic N) is 2. The molecule has 6 heteroatoms. The van der Waals surface area contributed by atoms with Gasteiger partial charge in [-0.3, -0.25) is 4.79 Å². The molecule has 0 radical (unpaired) electrons. The van der Waals surface area contributed by atoms with Crippen molar-refractivity contribution in [2.24, 2.45) is 17.8 Å². The highest BCUT2D eigenvalue weighted by molar-refractivity contribution is 5.78. The van der Waals surface area contributed by atoms with Crippen LogP contribution < -0.4 is 10.6 Å². The molecule has 2 N–H and O–H groups in total. The third kappa shape index (κ3) is 3.85. The average molecular weight is 363 g/mol. The molecular formula is C20H34N4O2. The molecule has 0 spiro atoms. The highest BCUT2D eigenvalue weighted by Gasteiger charge is 2.51. The summed E-state index contributed by atoms with van der Waals surface area (Å²) in [6.07, 6.45) is 8.01. The van der Waals surface area contributed by atoms with Crippen molar-refractivity contribution in [2.45, 2.75) is 57.4 Å². The van der Waals surface area contributed by atoms with Crippen molar-refractivity contribution in [1.29, 1.82) is 0 Å². The van der Waals surface area contributed by atoms with E-state index in [1.807, 2.05) is 4.90 Å². The Morgan fingerprint density at radius 1 is 0.962 bits per heavy atom. The topological polar surface area (TPSA) is 64.7 Å². The second-order valence-electron chi connectivity index (χ2n) is 9.14. The van der Waals surface area contributed by atoms with Crippen LogP contribution in [0.15, 0.2) is 0 Å². The van der Waals surface area contributed by atoms with E-state index >= 15 is 0 Å². The lowest BCUT2D eigenvalue weighted by atomic mass is 9.53. The number of nitrogens with one attached hydrogen (secondary N) is 2. The maximum absolute atomic E-state index is 12.4. The highest BCUT2D eigenvalue weighted by atomic mass is 16.2. The number of hydrogen-bond donors (Lipinski definition) is 2. The number of amides is 3. The van der Waals surface area contributed by atoms with E-state index < -0.39 is 0 Å². The first-order valence-electron chi connectivity index (χ1n) is 10.6. The fourth-order valence-corrected chi connectivity index (χ4v) is 6.30. The minimum absolute atomic E-state index is 0.0410. The van der Waals surface area contributed by atoms with Gasteiger partial charge in [-0.25, -0.2) is 4.79 Å². The summed E-state index contributed by atoms with van der Waals surface area (Å²) >= 11 is 0. The van der Waals surface area contributed by atoms with Crippen LogP contribution >= 0.6 is 0 Å². The van der Waals surface area contributed by atoms with E-state index in [2.05, 4.69) is 22.5 Å². The molecule has 146 valence electrons. The smallest absolute Gasteiger partial charge is 0.315 e. The first kappa shape index (κ1) is 18.1.